The van der Waals surface area contributed by atoms with Crippen LogP contribution in [-0.2, 0) is 14.6 Å². The smallest absolute Gasteiger partial charge is 0.306 e. The van der Waals surface area contributed by atoms with Crippen molar-refractivity contribution in [2.75, 3.05) is 11.8 Å². The minimum absolute atomic E-state index is 0.194. The van der Waals surface area contributed by atoms with Gasteiger partial charge in [-0.15, -0.1) is 0 Å². The van der Waals surface area contributed by atoms with Crippen LogP contribution in [-0.4, -0.2) is 31.3 Å². The molecule has 4 nitrogen and oxygen atoms in total. The van der Waals surface area contributed by atoms with E-state index >= 15 is 0 Å². The van der Waals surface area contributed by atoms with E-state index in [9.17, 15) is 17.6 Å². The maximum Gasteiger partial charge on any atom is 0.306 e. The van der Waals surface area contributed by atoms with E-state index in [0.717, 1.165) is 0 Å². The third-order valence-corrected chi connectivity index (χ3v) is 2.92. The molecule has 0 fully saturated rings. The number of alkyl halides is 1. The first kappa shape index (κ1) is 12.3. The molecule has 0 aliphatic heterocycles. The highest BCUT2D eigenvalue weighted by atomic mass is 32.2. The van der Waals surface area contributed by atoms with Gasteiger partial charge in [-0.25, -0.2) is 12.8 Å². The van der Waals surface area contributed by atoms with Crippen LogP contribution in [0, 0.1) is 5.92 Å². The van der Waals surface area contributed by atoms with E-state index in [1.165, 1.54) is 6.92 Å². The summed E-state index contributed by atoms with van der Waals surface area (Å²) in [7, 11) is -3.60. The van der Waals surface area contributed by atoms with Crippen LogP contribution >= 0.6 is 0 Å². The van der Waals surface area contributed by atoms with Crippen LogP contribution in [0.25, 0.3) is 0 Å². The van der Waals surface area contributed by atoms with Crippen LogP contribution in [0.15, 0.2) is 0 Å². The minimum atomic E-state index is -3.60. The summed E-state index contributed by atoms with van der Waals surface area (Å²) >= 11 is 0. The normalized spacial score (nSPS) is 14.0. The van der Waals surface area contributed by atoms with Gasteiger partial charge in [0.05, 0.1) is 11.7 Å². The molecule has 13 heavy (non-hydrogen) atoms. The molecule has 0 aromatic rings. The standard InChI is InChI=1S/C7H13FO4S/c1-6(7(9)10)3-2-4-13(11,12)5-8/h6H,2-5H2,1H3,(H,9,10). The third-order valence-electron chi connectivity index (χ3n) is 1.68. The fraction of sp³-hybridized carbons (Fsp3) is 0.857. The Hall–Kier alpha value is -0.650. The predicted molar refractivity (Wildman–Crippen MR) is 45.8 cm³/mol. The van der Waals surface area contributed by atoms with Gasteiger partial charge in [-0.1, -0.05) is 6.92 Å². The Morgan fingerprint density at radius 3 is 2.46 bits per heavy atom. The van der Waals surface area contributed by atoms with Gasteiger partial charge in [0.25, 0.3) is 0 Å². The maximum absolute atomic E-state index is 11.7. The summed E-state index contributed by atoms with van der Waals surface area (Å²) in [4.78, 5) is 10.3. The van der Waals surface area contributed by atoms with Gasteiger partial charge < -0.3 is 5.11 Å². The van der Waals surface area contributed by atoms with Crippen LogP contribution in [0.5, 0.6) is 0 Å². The van der Waals surface area contributed by atoms with Crippen molar-refractivity contribution in [1.82, 2.24) is 0 Å². The third kappa shape index (κ3) is 5.57. The van der Waals surface area contributed by atoms with Crippen LogP contribution in [0.2, 0.25) is 0 Å². The van der Waals surface area contributed by atoms with Gasteiger partial charge >= 0.3 is 5.97 Å². The van der Waals surface area contributed by atoms with E-state index in [1.54, 1.807) is 0 Å². The number of halogens is 1. The van der Waals surface area contributed by atoms with Crippen molar-refractivity contribution >= 4 is 15.8 Å². The molecule has 1 atom stereocenters. The summed E-state index contributed by atoms with van der Waals surface area (Å²) in [6.45, 7) is 1.49. The number of hydrogen-bond acceptors (Lipinski definition) is 3. The van der Waals surface area contributed by atoms with Crippen molar-refractivity contribution < 1.29 is 22.7 Å². The topological polar surface area (TPSA) is 71.4 Å². The average Bonchev–Trinajstić information content (AvgIpc) is 2.04. The Bertz CT molecular complexity index is 260. The molecule has 0 saturated heterocycles. The molecule has 0 bridgehead atoms. The largest absolute Gasteiger partial charge is 0.481 e. The summed E-state index contributed by atoms with van der Waals surface area (Å²) in [5, 5.41) is 8.45. The molecule has 1 N–H and O–H groups in total. The molecule has 0 aliphatic rings. The lowest BCUT2D eigenvalue weighted by molar-refractivity contribution is -0.141. The maximum atomic E-state index is 11.7. The monoisotopic (exact) mass is 212 g/mol. The first-order valence-corrected chi connectivity index (χ1v) is 5.70. The number of hydrogen-bond donors (Lipinski definition) is 1. The molecule has 1 unspecified atom stereocenters. The number of carboxylic acids is 1. The fourth-order valence-electron chi connectivity index (χ4n) is 0.787. The first-order valence-electron chi connectivity index (χ1n) is 3.88. The van der Waals surface area contributed by atoms with Crippen LogP contribution in [0.1, 0.15) is 19.8 Å². The zero-order valence-corrected chi connectivity index (χ0v) is 8.18. The Morgan fingerprint density at radius 1 is 1.54 bits per heavy atom. The second kappa shape index (κ2) is 5.16. The lowest BCUT2D eigenvalue weighted by Gasteiger charge is -2.04. The second-order valence-electron chi connectivity index (χ2n) is 2.94. The number of aliphatic carboxylic acids is 1. The highest BCUT2D eigenvalue weighted by Gasteiger charge is 2.14. The van der Waals surface area contributed by atoms with E-state index in [4.69, 9.17) is 5.11 Å². The number of carbonyl (C=O) groups is 1. The van der Waals surface area contributed by atoms with E-state index in [-0.39, 0.29) is 18.6 Å². The van der Waals surface area contributed by atoms with Gasteiger partial charge in [-0.3, -0.25) is 4.79 Å². The van der Waals surface area contributed by atoms with Gasteiger partial charge in [0.1, 0.15) is 0 Å². The highest BCUT2D eigenvalue weighted by Crippen LogP contribution is 2.07. The lowest BCUT2D eigenvalue weighted by atomic mass is 10.1. The van der Waals surface area contributed by atoms with Gasteiger partial charge in [-0.05, 0) is 12.8 Å². The Labute approximate surface area is 76.7 Å². The highest BCUT2D eigenvalue weighted by molar-refractivity contribution is 7.91. The van der Waals surface area contributed by atoms with Crippen molar-refractivity contribution in [2.45, 2.75) is 19.8 Å². The zero-order valence-electron chi connectivity index (χ0n) is 7.36. The number of rotatable bonds is 6. The molecule has 0 saturated carbocycles. The molecule has 0 aliphatic carbocycles. The molecule has 0 radical (unpaired) electrons. The number of sulfone groups is 1. The van der Waals surface area contributed by atoms with E-state index in [0.29, 0.717) is 0 Å². The van der Waals surface area contributed by atoms with E-state index in [2.05, 4.69) is 0 Å². The Balaban J connectivity index is 3.75. The molecule has 0 amide bonds. The van der Waals surface area contributed by atoms with Gasteiger partial charge in [-0.2, -0.15) is 0 Å². The van der Waals surface area contributed by atoms with Crippen molar-refractivity contribution in [1.29, 1.82) is 0 Å². The lowest BCUT2D eigenvalue weighted by Crippen LogP contribution is -2.13. The minimum Gasteiger partial charge on any atom is -0.481 e. The molecular weight excluding hydrogens is 199 g/mol. The van der Waals surface area contributed by atoms with E-state index in [1.807, 2.05) is 0 Å². The van der Waals surface area contributed by atoms with Crippen molar-refractivity contribution in [3.8, 4) is 0 Å². The second-order valence-corrected chi connectivity index (χ2v) is 5.05. The SMILES string of the molecule is CC(CCCS(=O)(=O)CF)C(=O)O. The van der Waals surface area contributed by atoms with Gasteiger partial charge in [0, 0.05) is 0 Å². The van der Waals surface area contributed by atoms with Gasteiger partial charge in [0.15, 0.2) is 15.8 Å². The van der Waals surface area contributed by atoms with Crippen LogP contribution < -0.4 is 0 Å². The predicted octanol–water partition coefficient (Wildman–Crippen LogP) is 0.829. The van der Waals surface area contributed by atoms with Crippen molar-refractivity contribution in [2.24, 2.45) is 5.92 Å². The molecule has 0 aromatic carbocycles. The van der Waals surface area contributed by atoms with Crippen molar-refractivity contribution in [3.05, 3.63) is 0 Å². The van der Waals surface area contributed by atoms with Crippen LogP contribution in [0.4, 0.5) is 4.39 Å². The summed E-state index contributed by atoms with van der Waals surface area (Å²) in [5.74, 6) is -1.81. The summed E-state index contributed by atoms with van der Waals surface area (Å²) in [6, 6.07) is -1.37. The molecule has 0 rings (SSSR count). The Morgan fingerprint density at radius 2 is 2.08 bits per heavy atom. The Kier molecular flexibility index (Phi) is 4.90. The van der Waals surface area contributed by atoms with E-state index < -0.39 is 27.7 Å². The van der Waals surface area contributed by atoms with Crippen LogP contribution in [0.3, 0.4) is 0 Å². The summed E-state index contributed by atoms with van der Waals surface area (Å²) in [6.07, 6.45) is 0.453. The molecule has 0 heterocycles. The van der Waals surface area contributed by atoms with Crippen molar-refractivity contribution in [3.63, 3.8) is 0 Å². The summed E-state index contributed by atoms with van der Waals surface area (Å²) in [5.41, 5.74) is 0. The molecule has 6 heteroatoms. The first-order chi connectivity index (χ1) is 5.89. The molecule has 0 spiro atoms. The molecule has 78 valence electrons. The molecule has 0 aromatic heterocycles. The summed E-state index contributed by atoms with van der Waals surface area (Å²) < 4.78 is 33.0. The quantitative estimate of drug-likeness (QED) is 0.707. The molecular formula is C7H13FO4S. The van der Waals surface area contributed by atoms with Gasteiger partial charge in [0.2, 0.25) is 0 Å². The zero-order chi connectivity index (χ0) is 10.5. The average molecular weight is 212 g/mol. The fourth-order valence-corrected chi connectivity index (χ4v) is 1.50. The number of carboxylic acid groups (broad SMARTS) is 1.